The molecule has 0 saturated carbocycles. The van der Waals surface area contributed by atoms with Crippen molar-refractivity contribution in [3.63, 3.8) is 0 Å². The second-order valence-corrected chi connectivity index (χ2v) is 9.08. The number of aryl methyl sites for hydroxylation is 2. The smallest absolute Gasteiger partial charge is 0.339 e. The highest BCUT2D eigenvalue weighted by Gasteiger charge is 2.25. The first kappa shape index (κ1) is 19.8. The number of anilines is 1. The van der Waals surface area contributed by atoms with E-state index in [1.165, 1.54) is 11.3 Å². The Morgan fingerprint density at radius 2 is 1.84 bits per heavy atom. The lowest BCUT2D eigenvalue weighted by Crippen LogP contribution is -2.22. The summed E-state index contributed by atoms with van der Waals surface area (Å²) >= 11 is 1.42. The summed E-state index contributed by atoms with van der Waals surface area (Å²) in [5.74, 6) is -0.464. The SMILES string of the molecule is NC(=O)c1c(NC(=O)COc2ccc3c4c(c(=O)oc3c2)CCC4)sc2c1CCCC2. The zero-order valence-electron chi connectivity index (χ0n) is 16.9. The van der Waals surface area contributed by atoms with Gasteiger partial charge in [0.2, 0.25) is 0 Å². The zero-order valence-corrected chi connectivity index (χ0v) is 17.7. The van der Waals surface area contributed by atoms with Crippen LogP contribution < -0.4 is 21.4 Å². The maximum absolute atomic E-state index is 12.5. The third-order valence-electron chi connectivity index (χ3n) is 5.99. The molecule has 160 valence electrons. The number of carbonyl (C=O) groups is 2. The first-order chi connectivity index (χ1) is 15.0. The standard InChI is InChI=1S/C23H22N2O5S/c24-21(27)20-16-4-1-2-7-18(16)31-22(20)25-19(26)11-29-12-8-9-14-13-5-3-6-15(13)23(28)30-17(14)10-12/h8-10H,1-7,11H2,(H2,24,27)(H,25,26). The highest BCUT2D eigenvalue weighted by molar-refractivity contribution is 7.17. The molecule has 3 aromatic rings. The molecule has 0 saturated heterocycles. The maximum Gasteiger partial charge on any atom is 0.339 e. The number of nitrogens with two attached hydrogens (primary N) is 1. The molecule has 31 heavy (non-hydrogen) atoms. The quantitative estimate of drug-likeness (QED) is 0.594. The van der Waals surface area contributed by atoms with E-state index in [0.29, 0.717) is 21.9 Å². The van der Waals surface area contributed by atoms with E-state index < -0.39 is 5.91 Å². The molecule has 0 radical (unpaired) electrons. The van der Waals surface area contributed by atoms with Crippen molar-refractivity contribution >= 4 is 39.1 Å². The number of thiophene rings is 1. The van der Waals surface area contributed by atoms with Gasteiger partial charge in [0.05, 0.1) is 5.56 Å². The predicted molar refractivity (Wildman–Crippen MR) is 118 cm³/mol. The van der Waals surface area contributed by atoms with Crippen LogP contribution in [0.3, 0.4) is 0 Å². The van der Waals surface area contributed by atoms with E-state index in [0.717, 1.165) is 71.9 Å². The Labute approximate surface area is 182 Å². The number of amides is 2. The van der Waals surface area contributed by atoms with Crippen molar-refractivity contribution in [2.75, 3.05) is 11.9 Å². The van der Waals surface area contributed by atoms with Gasteiger partial charge in [0, 0.05) is 21.9 Å². The Hall–Kier alpha value is -3.13. The second kappa shape index (κ2) is 7.85. The Morgan fingerprint density at radius 3 is 2.68 bits per heavy atom. The highest BCUT2D eigenvalue weighted by Crippen LogP contribution is 2.38. The summed E-state index contributed by atoms with van der Waals surface area (Å²) in [7, 11) is 0. The van der Waals surface area contributed by atoms with Crippen molar-refractivity contribution in [1.82, 2.24) is 0 Å². The van der Waals surface area contributed by atoms with E-state index in [1.807, 2.05) is 6.07 Å². The van der Waals surface area contributed by atoms with Gasteiger partial charge in [-0.1, -0.05) is 0 Å². The molecule has 0 atom stereocenters. The predicted octanol–water partition coefficient (Wildman–Crippen LogP) is 3.34. The van der Waals surface area contributed by atoms with Crippen LogP contribution in [0.5, 0.6) is 5.75 Å². The monoisotopic (exact) mass is 438 g/mol. The van der Waals surface area contributed by atoms with E-state index in [2.05, 4.69) is 5.32 Å². The number of fused-ring (bicyclic) bond motifs is 4. The average Bonchev–Trinajstić information content (AvgIpc) is 3.37. The van der Waals surface area contributed by atoms with Gasteiger partial charge in [-0.3, -0.25) is 9.59 Å². The number of primary amides is 1. The summed E-state index contributed by atoms with van der Waals surface area (Å²) in [6.07, 6.45) is 6.38. The van der Waals surface area contributed by atoms with Gasteiger partial charge in [0.15, 0.2) is 6.61 Å². The van der Waals surface area contributed by atoms with E-state index in [4.69, 9.17) is 14.9 Å². The first-order valence-electron chi connectivity index (χ1n) is 10.5. The van der Waals surface area contributed by atoms with Crippen LogP contribution in [0.2, 0.25) is 0 Å². The molecular formula is C23H22N2O5S. The third-order valence-corrected chi connectivity index (χ3v) is 7.19. The molecule has 0 fully saturated rings. The fourth-order valence-corrected chi connectivity index (χ4v) is 5.89. The second-order valence-electron chi connectivity index (χ2n) is 7.97. The molecule has 0 unspecified atom stereocenters. The van der Waals surface area contributed by atoms with Gasteiger partial charge in [0.25, 0.3) is 11.8 Å². The van der Waals surface area contributed by atoms with Crippen LogP contribution >= 0.6 is 11.3 Å². The van der Waals surface area contributed by atoms with E-state index in [1.54, 1.807) is 12.1 Å². The van der Waals surface area contributed by atoms with Crippen molar-refractivity contribution in [1.29, 1.82) is 0 Å². The molecule has 2 amide bonds. The van der Waals surface area contributed by atoms with Gasteiger partial charge in [-0.2, -0.15) is 0 Å². The number of nitrogens with one attached hydrogen (secondary N) is 1. The van der Waals surface area contributed by atoms with Crippen molar-refractivity contribution in [2.24, 2.45) is 5.73 Å². The molecule has 2 aliphatic rings. The zero-order chi connectivity index (χ0) is 21.5. The molecule has 7 nitrogen and oxygen atoms in total. The molecule has 0 bridgehead atoms. The number of hydrogen-bond donors (Lipinski definition) is 2. The largest absolute Gasteiger partial charge is 0.484 e. The van der Waals surface area contributed by atoms with Crippen LogP contribution in [0.1, 0.15) is 51.2 Å². The lowest BCUT2D eigenvalue weighted by Gasteiger charge is -2.11. The van der Waals surface area contributed by atoms with Gasteiger partial charge < -0.3 is 20.2 Å². The number of benzene rings is 1. The molecule has 8 heteroatoms. The van der Waals surface area contributed by atoms with Crippen molar-refractivity contribution in [3.05, 3.63) is 55.8 Å². The van der Waals surface area contributed by atoms with Crippen LogP contribution in [0.15, 0.2) is 27.4 Å². The Bertz CT molecular complexity index is 1270. The Balaban J connectivity index is 1.32. The van der Waals surface area contributed by atoms with Crippen molar-refractivity contribution in [3.8, 4) is 5.75 Å². The van der Waals surface area contributed by atoms with Gasteiger partial charge in [-0.15, -0.1) is 11.3 Å². The molecule has 5 rings (SSSR count). The number of ether oxygens (including phenoxy) is 1. The minimum atomic E-state index is -0.521. The van der Waals surface area contributed by atoms with E-state index in [9.17, 15) is 14.4 Å². The van der Waals surface area contributed by atoms with Gasteiger partial charge >= 0.3 is 5.63 Å². The van der Waals surface area contributed by atoms with Crippen LogP contribution in [0, 0.1) is 0 Å². The fourth-order valence-electron chi connectivity index (χ4n) is 4.58. The molecule has 3 N–H and O–H groups in total. The van der Waals surface area contributed by atoms with Gasteiger partial charge in [-0.05, 0) is 68.2 Å². The van der Waals surface area contributed by atoms with Crippen molar-refractivity contribution in [2.45, 2.75) is 44.9 Å². The van der Waals surface area contributed by atoms with Crippen LogP contribution in [-0.4, -0.2) is 18.4 Å². The number of rotatable bonds is 5. The van der Waals surface area contributed by atoms with Crippen molar-refractivity contribution < 1.29 is 18.7 Å². The van der Waals surface area contributed by atoms with Crippen LogP contribution in [0.25, 0.3) is 11.0 Å². The summed E-state index contributed by atoms with van der Waals surface area (Å²) in [4.78, 5) is 37.7. The van der Waals surface area contributed by atoms with E-state index in [-0.39, 0.29) is 18.1 Å². The topological polar surface area (TPSA) is 112 Å². The molecule has 2 aliphatic carbocycles. The minimum Gasteiger partial charge on any atom is -0.484 e. The number of hydrogen-bond acceptors (Lipinski definition) is 6. The lowest BCUT2D eigenvalue weighted by atomic mass is 9.95. The van der Waals surface area contributed by atoms with Crippen LogP contribution in [0.4, 0.5) is 5.00 Å². The van der Waals surface area contributed by atoms with Gasteiger partial charge in [0.1, 0.15) is 16.3 Å². The summed E-state index contributed by atoms with van der Waals surface area (Å²) < 4.78 is 11.1. The fraction of sp³-hybridized carbons (Fsp3) is 0.348. The summed E-state index contributed by atoms with van der Waals surface area (Å²) in [5.41, 5.74) is 8.96. The molecule has 2 aromatic heterocycles. The Morgan fingerprint density at radius 1 is 1.06 bits per heavy atom. The summed E-state index contributed by atoms with van der Waals surface area (Å²) in [5, 5.41) is 4.19. The molecule has 0 spiro atoms. The molecular weight excluding hydrogens is 416 g/mol. The summed E-state index contributed by atoms with van der Waals surface area (Å²) in [6, 6.07) is 5.28. The maximum atomic E-state index is 12.5. The van der Waals surface area contributed by atoms with Crippen LogP contribution in [-0.2, 0) is 30.5 Å². The third kappa shape index (κ3) is 3.61. The molecule has 1 aromatic carbocycles. The average molecular weight is 439 g/mol. The van der Waals surface area contributed by atoms with Gasteiger partial charge in [-0.25, -0.2) is 4.79 Å². The van der Waals surface area contributed by atoms with E-state index >= 15 is 0 Å². The minimum absolute atomic E-state index is 0.235. The first-order valence-corrected chi connectivity index (χ1v) is 11.3. The Kier molecular flexibility index (Phi) is 5.02. The lowest BCUT2D eigenvalue weighted by molar-refractivity contribution is -0.118. The molecule has 0 aliphatic heterocycles. The highest BCUT2D eigenvalue weighted by atomic mass is 32.1. The molecule has 2 heterocycles. The normalized spacial score (nSPS) is 14.8. The number of carbonyl (C=O) groups excluding carboxylic acids is 2. The summed E-state index contributed by atoms with van der Waals surface area (Å²) in [6.45, 7) is -0.235.